The maximum atomic E-state index is 13.9. The van der Waals surface area contributed by atoms with Crippen LogP contribution in [0.5, 0.6) is 0 Å². The molecule has 0 saturated carbocycles. The van der Waals surface area contributed by atoms with Crippen LogP contribution in [0.15, 0.2) is 88.2 Å². The second-order valence-electron chi connectivity index (χ2n) is 9.84. The van der Waals surface area contributed by atoms with Crippen LogP contribution < -0.4 is 9.62 Å². The molecule has 3 aromatic rings. The minimum atomic E-state index is -4.16. The SMILES string of the molecule is C[C@H](C(=O)NC(C)(C)C)N(Cc1ccc(Br)cc1)C(=O)CN(c1ccccc1Cl)S(=O)(=O)c1ccccc1. The predicted octanol–water partition coefficient (Wildman–Crippen LogP) is 5.63. The number of amides is 2. The highest BCUT2D eigenvalue weighted by molar-refractivity contribution is 9.10. The largest absolute Gasteiger partial charge is 0.350 e. The maximum Gasteiger partial charge on any atom is 0.264 e. The molecule has 3 rings (SSSR count). The third kappa shape index (κ3) is 7.58. The molecule has 1 atom stereocenters. The molecule has 0 saturated heterocycles. The van der Waals surface area contributed by atoms with Crippen LogP contribution in [-0.4, -0.2) is 43.3 Å². The molecule has 0 bridgehead atoms. The molecule has 0 aliphatic rings. The Balaban J connectivity index is 2.03. The number of carbonyl (C=O) groups is 2. The van der Waals surface area contributed by atoms with Crippen LogP contribution in [-0.2, 0) is 26.2 Å². The van der Waals surface area contributed by atoms with E-state index in [9.17, 15) is 18.0 Å². The van der Waals surface area contributed by atoms with Gasteiger partial charge in [-0.05, 0) is 69.7 Å². The van der Waals surface area contributed by atoms with Crippen LogP contribution in [0.25, 0.3) is 0 Å². The van der Waals surface area contributed by atoms with Gasteiger partial charge in [0.15, 0.2) is 0 Å². The second kappa shape index (κ2) is 12.3. The Bertz CT molecular complexity index is 1380. The van der Waals surface area contributed by atoms with E-state index in [1.54, 1.807) is 49.4 Å². The van der Waals surface area contributed by atoms with Crippen LogP contribution in [0.1, 0.15) is 33.3 Å². The second-order valence-corrected chi connectivity index (χ2v) is 13.0. The summed E-state index contributed by atoms with van der Waals surface area (Å²) in [5.74, 6) is -0.901. The monoisotopic (exact) mass is 619 g/mol. The summed E-state index contributed by atoms with van der Waals surface area (Å²) >= 11 is 9.81. The minimum Gasteiger partial charge on any atom is -0.350 e. The average Bonchev–Trinajstić information content (AvgIpc) is 2.86. The van der Waals surface area contributed by atoms with Gasteiger partial charge in [0.25, 0.3) is 10.0 Å². The smallest absolute Gasteiger partial charge is 0.264 e. The Morgan fingerprint density at radius 2 is 1.53 bits per heavy atom. The Labute approximate surface area is 238 Å². The van der Waals surface area contributed by atoms with E-state index in [-0.39, 0.29) is 28.1 Å². The van der Waals surface area contributed by atoms with E-state index >= 15 is 0 Å². The fourth-order valence-corrected chi connectivity index (χ4v) is 5.74. The van der Waals surface area contributed by atoms with E-state index in [0.29, 0.717) is 0 Å². The van der Waals surface area contributed by atoms with Crippen molar-refractivity contribution in [3.05, 3.63) is 93.9 Å². The third-order valence-corrected chi connectivity index (χ3v) is 8.29. The van der Waals surface area contributed by atoms with Gasteiger partial charge in [-0.2, -0.15) is 0 Å². The van der Waals surface area contributed by atoms with Crippen molar-refractivity contribution >= 4 is 55.1 Å². The first kappa shape index (κ1) is 29.7. The van der Waals surface area contributed by atoms with E-state index in [2.05, 4.69) is 21.2 Å². The quantitative estimate of drug-likeness (QED) is 0.336. The molecule has 0 spiro atoms. The molecule has 0 unspecified atom stereocenters. The van der Waals surface area contributed by atoms with Gasteiger partial charge < -0.3 is 10.2 Å². The number of para-hydroxylation sites is 1. The molecule has 0 aromatic heterocycles. The first-order valence-corrected chi connectivity index (χ1v) is 14.6. The van der Waals surface area contributed by atoms with Crippen molar-refractivity contribution < 1.29 is 18.0 Å². The molecule has 0 radical (unpaired) electrons. The molecule has 38 heavy (non-hydrogen) atoms. The summed E-state index contributed by atoms with van der Waals surface area (Å²) < 4.78 is 29.4. The number of hydrogen-bond acceptors (Lipinski definition) is 4. The number of sulfonamides is 1. The first-order valence-electron chi connectivity index (χ1n) is 12.0. The lowest BCUT2D eigenvalue weighted by atomic mass is 10.1. The van der Waals surface area contributed by atoms with Gasteiger partial charge in [0, 0.05) is 16.6 Å². The predicted molar refractivity (Wildman–Crippen MR) is 154 cm³/mol. The fraction of sp³-hybridized carbons (Fsp3) is 0.286. The molecule has 0 fully saturated rings. The van der Waals surface area contributed by atoms with Crippen LogP contribution in [0.2, 0.25) is 5.02 Å². The Morgan fingerprint density at radius 1 is 0.947 bits per heavy atom. The van der Waals surface area contributed by atoms with Gasteiger partial charge in [-0.3, -0.25) is 13.9 Å². The van der Waals surface area contributed by atoms with Crippen LogP contribution >= 0.6 is 27.5 Å². The number of rotatable bonds is 9. The number of anilines is 1. The molecule has 202 valence electrons. The molecule has 0 aliphatic carbocycles. The summed E-state index contributed by atoms with van der Waals surface area (Å²) in [6, 6.07) is 20.8. The minimum absolute atomic E-state index is 0.0192. The van der Waals surface area contributed by atoms with Gasteiger partial charge >= 0.3 is 0 Å². The van der Waals surface area contributed by atoms with E-state index < -0.39 is 34.1 Å². The van der Waals surface area contributed by atoms with E-state index in [1.165, 1.54) is 17.0 Å². The van der Waals surface area contributed by atoms with Gasteiger partial charge in [-0.25, -0.2) is 8.42 Å². The molecular formula is C28H31BrClN3O4S. The zero-order chi connectivity index (χ0) is 28.1. The number of benzene rings is 3. The van der Waals surface area contributed by atoms with Gasteiger partial charge in [0.05, 0.1) is 15.6 Å². The number of nitrogens with zero attached hydrogens (tertiary/aromatic N) is 2. The van der Waals surface area contributed by atoms with Crippen molar-refractivity contribution in [1.29, 1.82) is 0 Å². The van der Waals surface area contributed by atoms with Gasteiger partial charge in [0.2, 0.25) is 11.8 Å². The van der Waals surface area contributed by atoms with E-state index in [1.807, 2.05) is 45.0 Å². The number of hydrogen-bond donors (Lipinski definition) is 1. The topological polar surface area (TPSA) is 86.8 Å². The molecule has 7 nitrogen and oxygen atoms in total. The highest BCUT2D eigenvalue weighted by atomic mass is 79.9. The lowest BCUT2D eigenvalue weighted by Crippen LogP contribution is -2.54. The van der Waals surface area contributed by atoms with Crippen molar-refractivity contribution in [3.8, 4) is 0 Å². The van der Waals surface area contributed by atoms with Crippen molar-refractivity contribution in [2.75, 3.05) is 10.8 Å². The summed E-state index contributed by atoms with van der Waals surface area (Å²) in [7, 11) is -4.16. The lowest BCUT2D eigenvalue weighted by Gasteiger charge is -2.33. The van der Waals surface area contributed by atoms with Crippen LogP contribution in [0.3, 0.4) is 0 Å². The normalized spacial score (nSPS) is 12.5. The molecule has 3 aromatic carbocycles. The summed E-state index contributed by atoms with van der Waals surface area (Å²) in [6.07, 6.45) is 0. The Kier molecular flexibility index (Phi) is 9.62. The summed E-state index contributed by atoms with van der Waals surface area (Å²) in [5, 5.41) is 3.08. The van der Waals surface area contributed by atoms with Crippen molar-refractivity contribution in [1.82, 2.24) is 10.2 Å². The Hall–Kier alpha value is -2.88. The zero-order valence-electron chi connectivity index (χ0n) is 21.7. The third-order valence-electron chi connectivity index (χ3n) is 5.66. The number of halogens is 2. The highest BCUT2D eigenvalue weighted by Crippen LogP contribution is 2.30. The van der Waals surface area contributed by atoms with E-state index in [4.69, 9.17) is 11.6 Å². The van der Waals surface area contributed by atoms with Crippen molar-refractivity contribution in [3.63, 3.8) is 0 Å². The first-order chi connectivity index (χ1) is 17.8. The molecule has 10 heteroatoms. The summed E-state index contributed by atoms with van der Waals surface area (Å²) in [6.45, 7) is 6.73. The highest BCUT2D eigenvalue weighted by Gasteiger charge is 2.34. The average molecular weight is 621 g/mol. The molecular weight excluding hydrogens is 590 g/mol. The fourth-order valence-electron chi connectivity index (χ4n) is 3.73. The van der Waals surface area contributed by atoms with Crippen LogP contribution in [0.4, 0.5) is 5.69 Å². The number of carbonyl (C=O) groups excluding carboxylic acids is 2. The number of nitrogens with one attached hydrogen (secondary N) is 1. The summed E-state index contributed by atoms with van der Waals surface area (Å²) in [4.78, 5) is 28.4. The summed E-state index contributed by atoms with van der Waals surface area (Å²) in [5.41, 5.74) is 0.437. The zero-order valence-corrected chi connectivity index (χ0v) is 24.8. The lowest BCUT2D eigenvalue weighted by molar-refractivity contribution is -0.140. The molecule has 1 N–H and O–H groups in total. The van der Waals surface area contributed by atoms with Gasteiger partial charge in [-0.15, -0.1) is 0 Å². The Morgan fingerprint density at radius 3 is 2.11 bits per heavy atom. The van der Waals surface area contributed by atoms with E-state index in [0.717, 1.165) is 14.3 Å². The van der Waals surface area contributed by atoms with Gasteiger partial charge in [-0.1, -0.05) is 70.0 Å². The molecule has 0 aliphatic heterocycles. The van der Waals surface area contributed by atoms with Crippen molar-refractivity contribution in [2.45, 2.75) is 50.7 Å². The van der Waals surface area contributed by atoms with Crippen molar-refractivity contribution in [2.24, 2.45) is 0 Å². The molecule has 2 amide bonds. The molecule has 0 heterocycles. The maximum absolute atomic E-state index is 13.9. The standard InChI is InChI=1S/C28H31BrClN3O4S/c1-20(27(35)31-28(2,3)4)32(18-21-14-16-22(29)17-15-21)26(34)19-33(25-13-9-8-12-24(25)30)38(36,37)23-10-6-5-7-11-23/h5-17,20H,18-19H2,1-4H3,(H,31,35)/t20-/m1/s1. The van der Waals surface area contributed by atoms with Crippen LogP contribution in [0, 0.1) is 0 Å². The van der Waals surface area contributed by atoms with Gasteiger partial charge in [0.1, 0.15) is 12.6 Å².